The molecule has 1 aliphatic rings. The summed E-state index contributed by atoms with van der Waals surface area (Å²) in [5.41, 5.74) is 6.36. The fourth-order valence-corrected chi connectivity index (χ4v) is 2.60. The molecule has 1 atom stereocenters. The van der Waals surface area contributed by atoms with Crippen molar-refractivity contribution in [3.63, 3.8) is 0 Å². The van der Waals surface area contributed by atoms with E-state index in [0.717, 1.165) is 22.2 Å². The zero-order valence-electron chi connectivity index (χ0n) is 11.0. The number of amides is 1. The Labute approximate surface area is 129 Å². The lowest BCUT2D eigenvalue weighted by Gasteiger charge is -2.27. The molecule has 1 amide bonds. The number of nitrogens with zero attached hydrogens (tertiary/aromatic N) is 2. The van der Waals surface area contributed by atoms with E-state index < -0.39 is 5.91 Å². The predicted molar refractivity (Wildman–Crippen MR) is 81.2 cm³/mol. The van der Waals surface area contributed by atoms with Crippen molar-refractivity contribution in [3.8, 4) is 5.75 Å². The van der Waals surface area contributed by atoms with Crippen molar-refractivity contribution in [2.75, 3.05) is 11.9 Å². The summed E-state index contributed by atoms with van der Waals surface area (Å²) in [6.07, 6.45) is 3.70. The van der Waals surface area contributed by atoms with Gasteiger partial charge in [-0.05, 0) is 18.2 Å². The van der Waals surface area contributed by atoms with Crippen LogP contribution in [0.1, 0.15) is 28.5 Å². The van der Waals surface area contributed by atoms with Crippen molar-refractivity contribution in [2.45, 2.75) is 12.5 Å². The van der Waals surface area contributed by atoms with E-state index in [1.807, 2.05) is 18.2 Å². The Morgan fingerprint density at radius 1 is 1.38 bits per heavy atom. The van der Waals surface area contributed by atoms with Crippen LogP contribution in [0.3, 0.4) is 0 Å². The maximum Gasteiger partial charge on any atom is 0.268 e. The topological polar surface area (TPSA) is 90.1 Å². The van der Waals surface area contributed by atoms with Gasteiger partial charge in [0.1, 0.15) is 17.3 Å². The van der Waals surface area contributed by atoms with Gasteiger partial charge in [-0.15, -0.1) is 0 Å². The molecule has 0 radical (unpaired) electrons. The van der Waals surface area contributed by atoms with Gasteiger partial charge in [0.05, 0.1) is 25.0 Å². The van der Waals surface area contributed by atoms with Crippen LogP contribution < -0.4 is 15.8 Å². The molecule has 1 aliphatic heterocycles. The first-order chi connectivity index (χ1) is 10.1. The number of nitrogens with two attached hydrogens (primary N) is 1. The lowest BCUT2D eigenvalue weighted by atomic mass is 10.0. The van der Waals surface area contributed by atoms with E-state index in [-0.39, 0.29) is 11.7 Å². The fourth-order valence-electron chi connectivity index (χ4n) is 2.22. The second-order valence-corrected chi connectivity index (χ2v) is 5.58. The van der Waals surface area contributed by atoms with E-state index in [4.69, 9.17) is 10.5 Å². The Balaban J connectivity index is 1.83. The van der Waals surface area contributed by atoms with Crippen molar-refractivity contribution < 1.29 is 9.53 Å². The number of hydrogen-bond acceptors (Lipinski definition) is 5. The minimum atomic E-state index is -0.589. The number of halogens is 1. The van der Waals surface area contributed by atoms with Gasteiger partial charge in [0.2, 0.25) is 0 Å². The zero-order chi connectivity index (χ0) is 14.8. The lowest BCUT2D eigenvalue weighted by molar-refractivity contribution is 0.0995. The van der Waals surface area contributed by atoms with Crippen LogP contribution >= 0.6 is 15.9 Å². The molecule has 0 saturated carbocycles. The highest BCUT2D eigenvalue weighted by Crippen LogP contribution is 2.35. The smallest absolute Gasteiger partial charge is 0.268 e. The Kier molecular flexibility index (Phi) is 3.74. The van der Waals surface area contributed by atoms with Crippen molar-refractivity contribution in [1.82, 2.24) is 9.97 Å². The average molecular weight is 349 g/mol. The van der Waals surface area contributed by atoms with Crippen molar-refractivity contribution in [1.29, 1.82) is 0 Å². The van der Waals surface area contributed by atoms with Gasteiger partial charge < -0.3 is 15.8 Å². The molecule has 1 aromatic heterocycles. The number of anilines is 1. The van der Waals surface area contributed by atoms with Gasteiger partial charge in [0.15, 0.2) is 0 Å². The first kappa shape index (κ1) is 13.8. The third-order valence-electron chi connectivity index (χ3n) is 3.24. The summed E-state index contributed by atoms with van der Waals surface area (Å²) >= 11 is 3.47. The molecule has 0 saturated heterocycles. The standard InChI is InChI=1S/C14H13BrN4O2/c15-8-1-2-12-9(5-8)10(3-4-21-12)19-13-7-17-11(6-18-13)14(16)20/h1-2,5-7,10H,3-4H2,(H2,16,20)(H,18,19)/t10-/m0/s1. The van der Waals surface area contributed by atoms with E-state index >= 15 is 0 Å². The SMILES string of the molecule is NC(=O)c1cnc(N[C@H]2CCOc3ccc(Br)cc32)cn1. The lowest BCUT2D eigenvalue weighted by Crippen LogP contribution is -2.21. The molecule has 0 unspecified atom stereocenters. The third kappa shape index (κ3) is 2.97. The van der Waals surface area contributed by atoms with Crippen LogP contribution in [0.25, 0.3) is 0 Å². The molecular formula is C14H13BrN4O2. The average Bonchev–Trinajstić information content (AvgIpc) is 2.48. The predicted octanol–water partition coefficient (Wildman–Crippen LogP) is 2.27. The van der Waals surface area contributed by atoms with Gasteiger partial charge in [-0.2, -0.15) is 0 Å². The molecule has 0 spiro atoms. The van der Waals surface area contributed by atoms with Gasteiger partial charge in [0, 0.05) is 16.5 Å². The summed E-state index contributed by atoms with van der Waals surface area (Å²) in [5, 5.41) is 3.30. The van der Waals surface area contributed by atoms with E-state index in [1.54, 1.807) is 0 Å². The van der Waals surface area contributed by atoms with Crippen LogP contribution in [0.2, 0.25) is 0 Å². The molecule has 2 heterocycles. The van der Waals surface area contributed by atoms with Crippen molar-refractivity contribution in [3.05, 3.63) is 46.3 Å². The number of carbonyl (C=O) groups is 1. The monoisotopic (exact) mass is 348 g/mol. The fraction of sp³-hybridized carbons (Fsp3) is 0.214. The Morgan fingerprint density at radius 2 is 2.24 bits per heavy atom. The van der Waals surface area contributed by atoms with E-state index in [2.05, 4.69) is 31.2 Å². The van der Waals surface area contributed by atoms with Crippen LogP contribution in [-0.2, 0) is 0 Å². The Hall–Kier alpha value is -2.15. The number of ether oxygens (including phenoxy) is 1. The number of carbonyl (C=O) groups excluding carboxylic acids is 1. The molecule has 0 bridgehead atoms. The zero-order valence-corrected chi connectivity index (χ0v) is 12.6. The van der Waals surface area contributed by atoms with Crippen LogP contribution in [0.5, 0.6) is 5.75 Å². The minimum Gasteiger partial charge on any atom is -0.493 e. The molecule has 0 fully saturated rings. The molecule has 0 aliphatic carbocycles. The van der Waals surface area contributed by atoms with Gasteiger partial charge in [0.25, 0.3) is 5.91 Å². The first-order valence-corrected chi connectivity index (χ1v) is 7.23. The minimum absolute atomic E-state index is 0.0833. The molecule has 3 N–H and O–H groups in total. The molecular weight excluding hydrogens is 336 g/mol. The maximum absolute atomic E-state index is 11.0. The molecule has 6 nitrogen and oxygen atoms in total. The summed E-state index contributed by atoms with van der Waals surface area (Å²) < 4.78 is 6.63. The summed E-state index contributed by atoms with van der Waals surface area (Å²) in [5.74, 6) is 0.871. The van der Waals surface area contributed by atoms with Crippen molar-refractivity contribution >= 4 is 27.7 Å². The maximum atomic E-state index is 11.0. The second kappa shape index (κ2) is 5.69. The number of fused-ring (bicyclic) bond motifs is 1. The number of nitrogens with one attached hydrogen (secondary N) is 1. The molecule has 21 heavy (non-hydrogen) atoms. The number of aromatic nitrogens is 2. The van der Waals surface area contributed by atoms with Crippen molar-refractivity contribution in [2.24, 2.45) is 5.73 Å². The number of rotatable bonds is 3. The highest BCUT2D eigenvalue weighted by molar-refractivity contribution is 9.10. The summed E-state index contributed by atoms with van der Waals surface area (Å²) in [6, 6.07) is 6.00. The van der Waals surface area contributed by atoms with Gasteiger partial charge in [-0.25, -0.2) is 9.97 Å². The van der Waals surface area contributed by atoms with Gasteiger partial charge in [-0.3, -0.25) is 4.79 Å². The largest absolute Gasteiger partial charge is 0.493 e. The number of hydrogen-bond donors (Lipinski definition) is 2. The summed E-state index contributed by atoms with van der Waals surface area (Å²) in [4.78, 5) is 19.1. The third-order valence-corrected chi connectivity index (χ3v) is 3.73. The van der Waals surface area contributed by atoms with Crippen LogP contribution in [0.4, 0.5) is 5.82 Å². The molecule has 108 valence electrons. The number of primary amides is 1. The van der Waals surface area contributed by atoms with Crippen LogP contribution in [0.15, 0.2) is 35.1 Å². The van der Waals surface area contributed by atoms with Crippen LogP contribution in [-0.4, -0.2) is 22.5 Å². The Bertz CT molecular complexity index is 675. The number of benzene rings is 1. The summed E-state index contributed by atoms with van der Waals surface area (Å²) in [7, 11) is 0. The van der Waals surface area contributed by atoms with Gasteiger partial charge >= 0.3 is 0 Å². The van der Waals surface area contributed by atoms with Crippen LogP contribution in [0, 0.1) is 0 Å². The quantitative estimate of drug-likeness (QED) is 0.887. The molecule has 1 aromatic carbocycles. The molecule has 3 rings (SSSR count). The second-order valence-electron chi connectivity index (χ2n) is 4.67. The van der Waals surface area contributed by atoms with E-state index in [1.165, 1.54) is 12.4 Å². The highest BCUT2D eigenvalue weighted by atomic mass is 79.9. The molecule has 7 heteroatoms. The van der Waals surface area contributed by atoms with E-state index in [9.17, 15) is 4.79 Å². The normalized spacial score (nSPS) is 16.7. The summed E-state index contributed by atoms with van der Waals surface area (Å²) in [6.45, 7) is 0.638. The first-order valence-electron chi connectivity index (χ1n) is 6.44. The van der Waals surface area contributed by atoms with E-state index in [0.29, 0.717) is 12.4 Å². The molecule has 2 aromatic rings. The highest BCUT2D eigenvalue weighted by Gasteiger charge is 2.22. The Morgan fingerprint density at radius 3 is 2.95 bits per heavy atom. The van der Waals surface area contributed by atoms with Gasteiger partial charge in [-0.1, -0.05) is 15.9 Å².